The first kappa shape index (κ1) is 30.0. The Morgan fingerprint density at radius 1 is 0.630 bits per heavy atom. The monoisotopic (exact) mass is 604 g/mol. The van der Waals surface area contributed by atoms with Crippen molar-refractivity contribution in [1.82, 2.24) is 0 Å². The lowest BCUT2D eigenvalue weighted by Crippen LogP contribution is -2.24. The summed E-state index contributed by atoms with van der Waals surface area (Å²) in [6.45, 7) is 23.0. The van der Waals surface area contributed by atoms with Crippen LogP contribution in [0.4, 0.5) is 17.6 Å². The molecule has 2 aliphatic carbocycles. The summed E-state index contributed by atoms with van der Waals surface area (Å²) in [5.74, 6) is -5.60. The molecule has 3 aromatic carbocycles. The van der Waals surface area contributed by atoms with E-state index >= 15 is 17.6 Å². The molecule has 8 nitrogen and oxygen atoms in total. The van der Waals surface area contributed by atoms with Crippen LogP contribution in [0.5, 0.6) is 0 Å². The predicted octanol–water partition coefficient (Wildman–Crippen LogP) is 5.53. The Morgan fingerprint density at radius 2 is 1.07 bits per heavy atom. The van der Waals surface area contributed by atoms with Gasteiger partial charge in [-0.2, -0.15) is 36.0 Å². The summed E-state index contributed by atoms with van der Waals surface area (Å²) < 4.78 is 60.3. The smallest absolute Gasteiger partial charge is 0.238 e. The first-order valence-electron chi connectivity index (χ1n) is 12.7. The molecule has 0 spiro atoms. The van der Waals surface area contributed by atoms with Crippen LogP contribution in [-0.4, -0.2) is 0 Å². The molecule has 5 rings (SSSR count). The van der Waals surface area contributed by atoms with Gasteiger partial charge in [-0.25, -0.2) is 22.4 Å². The van der Waals surface area contributed by atoms with Gasteiger partial charge in [0.15, 0.2) is 5.70 Å². The van der Waals surface area contributed by atoms with Crippen LogP contribution in [0.25, 0.3) is 48.1 Å². The van der Waals surface area contributed by atoms with Crippen molar-refractivity contribution < 1.29 is 17.6 Å². The Hall–Kier alpha value is -7.48. The molecule has 0 saturated heterocycles. The van der Waals surface area contributed by atoms with Gasteiger partial charge in [0.25, 0.3) is 0 Å². The first-order valence-corrected chi connectivity index (χ1v) is 12.7. The van der Waals surface area contributed by atoms with Crippen molar-refractivity contribution in [3.63, 3.8) is 0 Å². The van der Waals surface area contributed by atoms with Crippen LogP contribution in [0.1, 0.15) is 22.3 Å². The van der Waals surface area contributed by atoms with Crippen LogP contribution >= 0.6 is 0 Å². The molecule has 0 radical (unpaired) electrons. The van der Waals surface area contributed by atoms with Gasteiger partial charge < -0.3 is 0 Å². The summed E-state index contributed by atoms with van der Waals surface area (Å²) in [6.07, 6.45) is -0.744. The van der Waals surface area contributed by atoms with Crippen molar-refractivity contribution in [3.8, 4) is 52.6 Å². The standard InChI is InChI=1S/C34H8F4N8/c1-44-33-21(34(45-2)46-3)9-20-29(15-4-25(35)23(13-42)26(36)5-15)31-19(8-18(22(31)12-41)17(10-39)11-40)30(32(20)33)16-6-27(37)24(14-43)28(38)7-16/h4-7H,8-9H2. The van der Waals surface area contributed by atoms with Crippen LogP contribution < -0.4 is 10.4 Å². The summed E-state index contributed by atoms with van der Waals surface area (Å²) >= 11 is 0. The maximum absolute atomic E-state index is 15.1. The molecule has 0 aromatic heterocycles. The molecule has 0 unspecified atom stereocenters. The fourth-order valence-electron chi connectivity index (χ4n) is 5.82. The third kappa shape index (κ3) is 4.22. The number of hydrogen-bond acceptors (Lipinski definition) is 5. The van der Waals surface area contributed by atoms with Gasteiger partial charge in [-0.3, -0.25) is 0 Å². The molecule has 0 N–H and O–H groups in total. The summed E-state index contributed by atoms with van der Waals surface area (Å²) in [5, 5.41) is 48.1. The molecule has 46 heavy (non-hydrogen) atoms. The molecule has 212 valence electrons. The van der Waals surface area contributed by atoms with E-state index in [2.05, 4.69) is 14.5 Å². The Morgan fingerprint density at radius 3 is 1.46 bits per heavy atom. The zero-order valence-electron chi connectivity index (χ0n) is 22.8. The van der Waals surface area contributed by atoms with Gasteiger partial charge in [0.05, 0.1) is 17.7 Å². The Balaban J connectivity index is 2.19. The zero-order valence-corrected chi connectivity index (χ0v) is 22.8. The number of rotatable bonds is 2. The Kier molecular flexibility index (Phi) is 7.37. The maximum Gasteiger partial charge on any atom is 0.512 e. The predicted molar refractivity (Wildman–Crippen MR) is 151 cm³/mol. The minimum atomic E-state index is -1.27. The number of hydrogen-bond donors (Lipinski definition) is 0. The van der Waals surface area contributed by atoms with Crippen molar-refractivity contribution in [3.05, 3.63) is 137 Å². The van der Waals surface area contributed by atoms with E-state index in [0.29, 0.717) is 0 Å². The number of halogens is 4. The average molecular weight is 604 g/mol. The van der Waals surface area contributed by atoms with Gasteiger partial charge in [0.2, 0.25) is 0 Å². The molecule has 0 aliphatic heterocycles. The molecule has 0 atom stereocenters. The van der Waals surface area contributed by atoms with Crippen LogP contribution in [0.15, 0.2) is 46.8 Å². The molecule has 2 aliphatic rings. The number of benzene rings is 3. The number of fused-ring (bicyclic) bond motifs is 2. The zero-order chi connectivity index (χ0) is 33.4. The largest absolute Gasteiger partial charge is 0.512 e. The lowest BCUT2D eigenvalue weighted by Gasteiger charge is -2.17. The summed E-state index contributed by atoms with van der Waals surface area (Å²) in [5.41, 5.74) is -3.54. The highest BCUT2D eigenvalue weighted by Gasteiger charge is 2.36. The highest BCUT2D eigenvalue weighted by molar-refractivity contribution is 5.95. The molecule has 0 bridgehead atoms. The lowest BCUT2D eigenvalue weighted by molar-refractivity contribution is 0.576. The number of nitriles is 5. The van der Waals surface area contributed by atoms with Crippen molar-refractivity contribution in [2.24, 2.45) is 0 Å². The summed E-state index contributed by atoms with van der Waals surface area (Å²) in [6, 6.07) is 11.4. The third-order valence-electron chi connectivity index (χ3n) is 7.60. The average Bonchev–Trinajstić information content (AvgIpc) is 3.59. The van der Waals surface area contributed by atoms with E-state index in [1.165, 1.54) is 12.1 Å². The second-order valence-electron chi connectivity index (χ2n) is 9.71. The second-order valence-corrected chi connectivity index (χ2v) is 9.71. The van der Waals surface area contributed by atoms with E-state index in [1.807, 2.05) is 6.07 Å². The minimum Gasteiger partial charge on any atom is -0.238 e. The highest BCUT2D eigenvalue weighted by atomic mass is 19.1. The van der Waals surface area contributed by atoms with Crippen LogP contribution in [0.3, 0.4) is 0 Å². The van der Waals surface area contributed by atoms with E-state index in [9.17, 15) is 26.3 Å². The normalized spacial score (nSPS) is 12.3. The SMILES string of the molecule is [C-]#[N+]C([N+]#[C-])=C1Cc2c(-c3cc(F)c(C#N)c(F)c3)c3c(c(-c4cc(F)c(C#N)c(F)c4)c2=C1[N+]#[C-])CC(=C(C#N)C#N)C=3C#N. The van der Waals surface area contributed by atoms with Gasteiger partial charge >= 0.3 is 5.82 Å². The minimum absolute atomic E-state index is 0.0477. The van der Waals surface area contributed by atoms with Gasteiger partial charge in [-0.1, -0.05) is 0 Å². The molecule has 3 aromatic rings. The van der Waals surface area contributed by atoms with Crippen molar-refractivity contribution in [1.29, 1.82) is 26.3 Å². The topological polar surface area (TPSA) is 132 Å². The molecule has 0 heterocycles. The molecule has 0 fully saturated rings. The van der Waals surface area contributed by atoms with Gasteiger partial charge in [0.1, 0.15) is 83.5 Å². The Bertz CT molecular complexity index is 2300. The lowest BCUT2D eigenvalue weighted by atomic mass is 9.86. The van der Waals surface area contributed by atoms with Crippen LogP contribution in [0.2, 0.25) is 0 Å². The van der Waals surface area contributed by atoms with E-state index in [4.69, 9.17) is 19.7 Å². The first-order chi connectivity index (χ1) is 22.1. The Labute approximate surface area is 257 Å². The molecule has 0 saturated carbocycles. The maximum atomic E-state index is 15.1. The molecular formula is C34H8F4N8. The highest BCUT2D eigenvalue weighted by Crippen LogP contribution is 2.40. The molecule has 0 amide bonds. The van der Waals surface area contributed by atoms with Crippen molar-refractivity contribution >= 4 is 11.3 Å². The van der Waals surface area contributed by atoms with Crippen molar-refractivity contribution in [2.45, 2.75) is 12.8 Å². The van der Waals surface area contributed by atoms with E-state index in [1.54, 1.807) is 12.1 Å². The quantitative estimate of drug-likeness (QED) is 0.216. The molecular weight excluding hydrogens is 596 g/mol. The fraction of sp³-hybridized carbons (Fsp3) is 0.0588. The summed E-state index contributed by atoms with van der Waals surface area (Å²) in [4.78, 5) is 9.95. The van der Waals surface area contributed by atoms with E-state index in [0.717, 1.165) is 24.3 Å². The second kappa shape index (κ2) is 11.3. The van der Waals surface area contributed by atoms with Crippen LogP contribution in [-0.2, 0) is 12.8 Å². The van der Waals surface area contributed by atoms with Gasteiger partial charge in [0, 0.05) is 17.2 Å². The van der Waals surface area contributed by atoms with E-state index in [-0.39, 0.29) is 79.1 Å². The summed E-state index contributed by atoms with van der Waals surface area (Å²) in [7, 11) is 0. The van der Waals surface area contributed by atoms with Crippen LogP contribution in [0, 0.1) is 99.6 Å². The van der Waals surface area contributed by atoms with Gasteiger partial charge in [-0.15, -0.1) is 0 Å². The van der Waals surface area contributed by atoms with Gasteiger partial charge in [-0.05, 0) is 69.3 Å². The van der Waals surface area contributed by atoms with Crippen molar-refractivity contribution in [2.75, 3.05) is 0 Å². The number of allylic oxidation sites excluding steroid dienone is 2. The fourth-order valence-corrected chi connectivity index (χ4v) is 5.82. The number of nitrogens with zero attached hydrogens (tertiary/aromatic N) is 8. The van der Waals surface area contributed by atoms with E-state index < -0.39 is 45.8 Å². The molecule has 12 heteroatoms. The third-order valence-corrected chi connectivity index (χ3v) is 7.60.